The molecule has 0 spiro atoms. The predicted molar refractivity (Wildman–Crippen MR) is 50.7 cm³/mol. The molecule has 0 aliphatic carbocycles. The molecular formula is C9H17NO4. The lowest BCUT2D eigenvalue weighted by atomic mass is 10.00. The number of aliphatic carboxylic acids is 1. The molecule has 0 saturated carbocycles. The zero-order valence-electron chi connectivity index (χ0n) is 8.43. The summed E-state index contributed by atoms with van der Waals surface area (Å²) in [4.78, 5) is 21.5. The Hall–Kier alpha value is -0.940. The van der Waals surface area contributed by atoms with E-state index in [0.29, 0.717) is 6.42 Å². The van der Waals surface area contributed by atoms with Crippen LogP contribution in [0.1, 0.15) is 26.7 Å². The Kier molecular flexibility index (Phi) is 5.34. The number of carboxylic acid groups (broad SMARTS) is 1. The molecule has 0 bridgehead atoms. The fraction of sp³-hybridized carbons (Fsp3) is 0.778. The summed E-state index contributed by atoms with van der Waals surface area (Å²) in [5.74, 6) is -1.25. The number of rotatable bonds is 6. The number of carbonyl (C=O) groups is 2. The van der Waals surface area contributed by atoms with E-state index in [1.807, 2.05) is 13.8 Å². The third kappa shape index (κ3) is 4.94. The number of aliphatic hydroxyl groups is 1. The van der Waals surface area contributed by atoms with Crippen molar-refractivity contribution < 1.29 is 19.8 Å². The lowest BCUT2D eigenvalue weighted by Gasteiger charge is -2.14. The Labute approximate surface area is 82.9 Å². The van der Waals surface area contributed by atoms with Crippen LogP contribution in [0, 0.1) is 5.92 Å². The van der Waals surface area contributed by atoms with Crippen LogP contribution in [0.4, 0.5) is 0 Å². The summed E-state index contributed by atoms with van der Waals surface area (Å²) in [5.41, 5.74) is 5.14. The minimum absolute atomic E-state index is 0.163. The van der Waals surface area contributed by atoms with Gasteiger partial charge in [-0.1, -0.05) is 13.8 Å². The maximum Gasteiger partial charge on any atom is 0.323 e. The maximum atomic E-state index is 11.2. The fourth-order valence-corrected chi connectivity index (χ4v) is 1.06. The van der Waals surface area contributed by atoms with Crippen LogP contribution in [0.2, 0.25) is 0 Å². The number of ketones is 1. The molecule has 0 aromatic heterocycles. The lowest BCUT2D eigenvalue weighted by molar-refractivity contribution is -0.141. The average molecular weight is 203 g/mol. The van der Waals surface area contributed by atoms with Crippen LogP contribution >= 0.6 is 0 Å². The van der Waals surface area contributed by atoms with Crippen molar-refractivity contribution in [1.29, 1.82) is 0 Å². The van der Waals surface area contributed by atoms with Crippen LogP contribution < -0.4 is 5.73 Å². The Morgan fingerprint density at radius 1 is 1.29 bits per heavy atom. The highest BCUT2D eigenvalue weighted by atomic mass is 16.4. The molecule has 4 N–H and O–H groups in total. The number of hydrogen-bond donors (Lipinski definition) is 3. The van der Waals surface area contributed by atoms with E-state index >= 15 is 0 Å². The van der Waals surface area contributed by atoms with E-state index in [1.165, 1.54) is 0 Å². The van der Waals surface area contributed by atoms with Crippen molar-refractivity contribution in [2.45, 2.75) is 38.8 Å². The van der Waals surface area contributed by atoms with E-state index in [9.17, 15) is 14.7 Å². The Morgan fingerprint density at radius 3 is 2.14 bits per heavy atom. The number of hydrogen-bond acceptors (Lipinski definition) is 4. The molecule has 0 fully saturated rings. The SMILES string of the molecule is CC(C)CC(=O)C[C@@H](O)[C@H](N)C(=O)O. The van der Waals surface area contributed by atoms with Gasteiger partial charge in [-0.25, -0.2) is 0 Å². The molecule has 0 unspecified atom stereocenters. The summed E-state index contributed by atoms with van der Waals surface area (Å²) in [6.07, 6.45) is -1.14. The largest absolute Gasteiger partial charge is 0.480 e. The summed E-state index contributed by atoms with van der Waals surface area (Å²) in [5, 5.41) is 17.7. The van der Waals surface area contributed by atoms with Crippen LogP contribution in [0.3, 0.4) is 0 Å². The summed E-state index contributed by atoms with van der Waals surface area (Å²) < 4.78 is 0. The molecule has 0 heterocycles. The summed E-state index contributed by atoms with van der Waals surface area (Å²) in [6, 6.07) is -1.38. The molecule has 2 atom stereocenters. The molecule has 0 rings (SSSR count). The first-order valence-corrected chi connectivity index (χ1v) is 4.52. The highest BCUT2D eigenvalue weighted by Gasteiger charge is 2.24. The highest BCUT2D eigenvalue weighted by Crippen LogP contribution is 2.06. The molecule has 0 amide bonds. The predicted octanol–water partition coefficient (Wildman–Crippen LogP) is -0.235. The quantitative estimate of drug-likeness (QED) is 0.553. The number of carboxylic acids is 1. The first-order chi connectivity index (χ1) is 6.34. The molecule has 0 aromatic rings. The van der Waals surface area contributed by atoms with Gasteiger partial charge in [0, 0.05) is 12.8 Å². The molecule has 0 aromatic carbocycles. The van der Waals surface area contributed by atoms with Crippen molar-refractivity contribution in [3.63, 3.8) is 0 Å². The molecular weight excluding hydrogens is 186 g/mol. The van der Waals surface area contributed by atoms with Crippen LogP contribution in [0.5, 0.6) is 0 Å². The topological polar surface area (TPSA) is 101 Å². The van der Waals surface area contributed by atoms with Crippen LogP contribution in [0.25, 0.3) is 0 Å². The lowest BCUT2D eigenvalue weighted by Crippen LogP contribution is -2.42. The van der Waals surface area contributed by atoms with E-state index < -0.39 is 18.1 Å². The Bertz CT molecular complexity index is 215. The van der Waals surface area contributed by atoms with Gasteiger partial charge in [-0.15, -0.1) is 0 Å². The standard InChI is InChI=1S/C9H17NO4/c1-5(2)3-6(11)4-7(12)8(10)9(13)14/h5,7-8,12H,3-4,10H2,1-2H3,(H,13,14)/t7-,8+/m1/s1. The van der Waals surface area contributed by atoms with Crippen molar-refractivity contribution in [3.05, 3.63) is 0 Å². The maximum absolute atomic E-state index is 11.2. The van der Waals surface area contributed by atoms with Gasteiger partial charge >= 0.3 is 5.97 Å². The van der Waals surface area contributed by atoms with E-state index in [2.05, 4.69) is 0 Å². The first kappa shape index (κ1) is 13.1. The van der Waals surface area contributed by atoms with Crippen LogP contribution in [-0.4, -0.2) is 34.1 Å². The van der Waals surface area contributed by atoms with Crippen molar-refractivity contribution in [3.8, 4) is 0 Å². The number of nitrogens with two attached hydrogens (primary N) is 1. The Morgan fingerprint density at radius 2 is 1.79 bits per heavy atom. The smallest absolute Gasteiger partial charge is 0.323 e. The molecule has 0 saturated heterocycles. The zero-order valence-corrected chi connectivity index (χ0v) is 8.43. The minimum Gasteiger partial charge on any atom is -0.480 e. The van der Waals surface area contributed by atoms with Crippen molar-refractivity contribution in [1.82, 2.24) is 0 Å². The zero-order chi connectivity index (χ0) is 11.3. The Balaban J connectivity index is 3.99. The minimum atomic E-state index is -1.38. The molecule has 0 aliphatic heterocycles. The third-order valence-electron chi connectivity index (χ3n) is 1.77. The van der Waals surface area contributed by atoms with E-state index in [4.69, 9.17) is 10.8 Å². The second kappa shape index (κ2) is 5.72. The van der Waals surface area contributed by atoms with Crippen molar-refractivity contribution >= 4 is 11.8 Å². The second-order valence-corrected chi connectivity index (χ2v) is 3.77. The van der Waals surface area contributed by atoms with E-state index in [1.54, 1.807) is 0 Å². The molecule has 14 heavy (non-hydrogen) atoms. The fourth-order valence-electron chi connectivity index (χ4n) is 1.06. The third-order valence-corrected chi connectivity index (χ3v) is 1.77. The monoisotopic (exact) mass is 203 g/mol. The van der Waals surface area contributed by atoms with Gasteiger partial charge in [0.05, 0.1) is 6.10 Å². The summed E-state index contributed by atoms with van der Waals surface area (Å²) in [7, 11) is 0. The summed E-state index contributed by atoms with van der Waals surface area (Å²) >= 11 is 0. The molecule has 0 aliphatic rings. The van der Waals surface area contributed by atoms with Crippen molar-refractivity contribution in [2.75, 3.05) is 0 Å². The molecule has 5 nitrogen and oxygen atoms in total. The second-order valence-electron chi connectivity index (χ2n) is 3.77. The van der Waals surface area contributed by atoms with Gasteiger partial charge in [0.15, 0.2) is 0 Å². The number of Topliss-reactive ketones (excluding diaryl/α,β-unsaturated/α-hetero) is 1. The van der Waals surface area contributed by atoms with Crippen LogP contribution in [-0.2, 0) is 9.59 Å². The van der Waals surface area contributed by atoms with Crippen molar-refractivity contribution in [2.24, 2.45) is 11.7 Å². The van der Waals surface area contributed by atoms with Gasteiger partial charge in [-0.3, -0.25) is 9.59 Å². The van der Waals surface area contributed by atoms with Gasteiger partial charge in [0.25, 0.3) is 0 Å². The molecule has 5 heteroatoms. The summed E-state index contributed by atoms with van der Waals surface area (Å²) in [6.45, 7) is 3.75. The van der Waals surface area contributed by atoms with Gasteiger partial charge in [-0.2, -0.15) is 0 Å². The number of carbonyl (C=O) groups excluding carboxylic acids is 1. The normalized spacial score (nSPS) is 15.2. The van der Waals surface area contributed by atoms with Gasteiger partial charge < -0.3 is 15.9 Å². The van der Waals surface area contributed by atoms with Gasteiger partial charge in [0.1, 0.15) is 11.8 Å². The van der Waals surface area contributed by atoms with E-state index in [-0.39, 0.29) is 18.1 Å². The first-order valence-electron chi connectivity index (χ1n) is 4.52. The van der Waals surface area contributed by atoms with E-state index in [0.717, 1.165) is 0 Å². The molecule has 0 radical (unpaired) electrons. The highest BCUT2D eigenvalue weighted by molar-refractivity contribution is 5.81. The molecule has 82 valence electrons. The van der Waals surface area contributed by atoms with Crippen LogP contribution in [0.15, 0.2) is 0 Å². The average Bonchev–Trinajstić information content (AvgIpc) is 2.00. The van der Waals surface area contributed by atoms with Gasteiger partial charge in [-0.05, 0) is 5.92 Å². The van der Waals surface area contributed by atoms with Gasteiger partial charge in [0.2, 0.25) is 0 Å². The number of aliphatic hydroxyl groups excluding tert-OH is 1.